The van der Waals surface area contributed by atoms with Crippen molar-refractivity contribution in [3.63, 3.8) is 0 Å². The number of nitrogens with one attached hydrogen (secondary N) is 1. The van der Waals surface area contributed by atoms with Gasteiger partial charge in [0.15, 0.2) is 0 Å². The van der Waals surface area contributed by atoms with Gasteiger partial charge in [-0.3, -0.25) is 4.79 Å². The molecule has 1 aromatic carbocycles. The lowest BCUT2D eigenvalue weighted by Gasteiger charge is -2.19. The molecule has 110 valence electrons. The summed E-state index contributed by atoms with van der Waals surface area (Å²) < 4.78 is 5.57. The van der Waals surface area contributed by atoms with Crippen molar-refractivity contribution < 1.29 is 9.53 Å². The third kappa shape index (κ3) is 3.64. The van der Waals surface area contributed by atoms with Gasteiger partial charge in [-0.2, -0.15) is 0 Å². The number of hydrogen-bond acceptors (Lipinski definition) is 3. The molecule has 2 rings (SSSR count). The van der Waals surface area contributed by atoms with Gasteiger partial charge in [-0.1, -0.05) is 29.3 Å². The molecule has 0 saturated carbocycles. The van der Waals surface area contributed by atoms with Crippen LogP contribution in [0.1, 0.15) is 31.4 Å². The van der Waals surface area contributed by atoms with E-state index in [9.17, 15) is 4.79 Å². The molecule has 20 heavy (non-hydrogen) atoms. The summed E-state index contributed by atoms with van der Waals surface area (Å²) >= 11 is 12.0. The van der Waals surface area contributed by atoms with Gasteiger partial charge < -0.3 is 15.8 Å². The SMILES string of the molecule is CC(NC(=O)[C@@H]1CC[C@H](CN)O1)c1ccc(Cl)cc1Cl. The van der Waals surface area contributed by atoms with Crippen LogP contribution in [-0.2, 0) is 9.53 Å². The van der Waals surface area contributed by atoms with E-state index < -0.39 is 6.10 Å². The summed E-state index contributed by atoms with van der Waals surface area (Å²) in [5, 5.41) is 4.02. The predicted octanol–water partition coefficient (Wildman–Crippen LogP) is 2.68. The quantitative estimate of drug-likeness (QED) is 0.897. The first-order valence-corrected chi connectivity index (χ1v) is 7.37. The molecule has 6 heteroatoms. The van der Waals surface area contributed by atoms with Crippen LogP contribution in [0.2, 0.25) is 10.0 Å². The maximum Gasteiger partial charge on any atom is 0.249 e. The number of carbonyl (C=O) groups is 1. The summed E-state index contributed by atoms with van der Waals surface area (Å²) in [4.78, 5) is 12.1. The lowest BCUT2D eigenvalue weighted by Crippen LogP contribution is -2.37. The van der Waals surface area contributed by atoms with Gasteiger partial charge in [-0.05, 0) is 37.5 Å². The monoisotopic (exact) mass is 316 g/mol. The summed E-state index contributed by atoms with van der Waals surface area (Å²) in [6, 6.07) is 5.03. The number of carbonyl (C=O) groups excluding carboxylic acids is 1. The van der Waals surface area contributed by atoms with Crippen molar-refractivity contribution in [2.24, 2.45) is 5.73 Å². The molecule has 1 aliphatic rings. The molecule has 1 unspecified atom stereocenters. The first-order chi connectivity index (χ1) is 9.51. The maximum absolute atomic E-state index is 12.1. The molecule has 1 fully saturated rings. The summed E-state index contributed by atoms with van der Waals surface area (Å²) in [5.41, 5.74) is 6.37. The van der Waals surface area contributed by atoms with Crippen molar-refractivity contribution >= 4 is 29.1 Å². The Labute approximate surface area is 128 Å². The van der Waals surface area contributed by atoms with E-state index in [1.54, 1.807) is 12.1 Å². The van der Waals surface area contributed by atoms with Crippen LogP contribution < -0.4 is 11.1 Å². The number of benzene rings is 1. The van der Waals surface area contributed by atoms with Gasteiger partial charge in [0.05, 0.1) is 12.1 Å². The summed E-state index contributed by atoms with van der Waals surface area (Å²) in [7, 11) is 0. The molecular formula is C14H18Cl2N2O2. The van der Waals surface area contributed by atoms with Crippen LogP contribution in [0.4, 0.5) is 0 Å². The molecule has 3 atom stereocenters. The van der Waals surface area contributed by atoms with Gasteiger partial charge in [0.25, 0.3) is 0 Å². The molecule has 1 saturated heterocycles. The van der Waals surface area contributed by atoms with E-state index in [4.69, 9.17) is 33.7 Å². The van der Waals surface area contributed by atoms with Crippen molar-refractivity contribution in [2.45, 2.75) is 38.0 Å². The molecular weight excluding hydrogens is 299 g/mol. The predicted molar refractivity (Wildman–Crippen MR) is 80.0 cm³/mol. The molecule has 0 spiro atoms. The second kappa shape index (κ2) is 6.76. The highest BCUT2D eigenvalue weighted by atomic mass is 35.5. The van der Waals surface area contributed by atoms with Crippen molar-refractivity contribution in [3.8, 4) is 0 Å². The smallest absolute Gasteiger partial charge is 0.249 e. The summed E-state index contributed by atoms with van der Waals surface area (Å²) in [6.45, 7) is 2.32. The summed E-state index contributed by atoms with van der Waals surface area (Å²) in [5.74, 6) is -0.125. The minimum absolute atomic E-state index is 0.0137. The second-order valence-electron chi connectivity index (χ2n) is 4.96. The molecule has 1 heterocycles. The average molecular weight is 317 g/mol. The van der Waals surface area contributed by atoms with E-state index in [0.717, 1.165) is 12.0 Å². The number of ether oxygens (including phenoxy) is 1. The number of nitrogens with two attached hydrogens (primary N) is 1. The minimum atomic E-state index is -0.419. The third-order valence-corrected chi connectivity index (χ3v) is 4.01. The van der Waals surface area contributed by atoms with Gasteiger partial charge in [0.2, 0.25) is 5.91 Å². The van der Waals surface area contributed by atoms with Gasteiger partial charge >= 0.3 is 0 Å². The highest BCUT2D eigenvalue weighted by Gasteiger charge is 2.30. The Bertz CT molecular complexity index is 496. The molecule has 1 aromatic rings. The molecule has 0 radical (unpaired) electrons. The normalized spacial score (nSPS) is 23.6. The third-order valence-electron chi connectivity index (χ3n) is 3.45. The fraction of sp³-hybridized carbons (Fsp3) is 0.500. The van der Waals surface area contributed by atoms with Crippen LogP contribution in [0.15, 0.2) is 18.2 Å². The Morgan fingerprint density at radius 1 is 1.50 bits per heavy atom. The first-order valence-electron chi connectivity index (χ1n) is 6.62. The van der Waals surface area contributed by atoms with Crippen LogP contribution in [0.3, 0.4) is 0 Å². The zero-order valence-corrected chi connectivity index (χ0v) is 12.7. The number of halogens is 2. The fourth-order valence-electron chi connectivity index (χ4n) is 2.31. The van der Waals surface area contributed by atoms with E-state index >= 15 is 0 Å². The highest BCUT2D eigenvalue weighted by Crippen LogP contribution is 2.27. The summed E-state index contributed by atoms with van der Waals surface area (Å²) in [6.07, 6.45) is 1.09. The van der Waals surface area contributed by atoms with Gasteiger partial charge in [0, 0.05) is 16.6 Å². The Kier molecular flexibility index (Phi) is 5.27. The van der Waals surface area contributed by atoms with Crippen LogP contribution in [0, 0.1) is 0 Å². The van der Waals surface area contributed by atoms with Gasteiger partial charge in [0.1, 0.15) is 6.10 Å². The minimum Gasteiger partial charge on any atom is -0.364 e. The van der Waals surface area contributed by atoms with Crippen LogP contribution in [0.5, 0.6) is 0 Å². The Morgan fingerprint density at radius 3 is 2.85 bits per heavy atom. The fourth-order valence-corrected chi connectivity index (χ4v) is 2.88. The molecule has 3 N–H and O–H groups in total. The number of rotatable bonds is 4. The maximum atomic E-state index is 12.1. The Balaban J connectivity index is 1.97. The van der Waals surface area contributed by atoms with E-state index in [0.29, 0.717) is 23.0 Å². The zero-order valence-electron chi connectivity index (χ0n) is 11.2. The van der Waals surface area contributed by atoms with Crippen LogP contribution in [0.25, 0.3) is 0 Å². The lowest BCUT2D eigenvalue weighted by atomic mass is 10.1. The lowest BCUT2D eigenvalue weighted by molar-refractivity contribution is -0.132. The van der Waals surface area contributed by atoms with E-state index in [1.807, 2.05) is 13.0 Å². The molecule has 1 aliphatic heterocycles. The van der Waals surface area contributed by atoms with Gasteiger partial charge in [-0.15, -0.1) is 0 Å². The zero-order chi connectivity index (χ0) is 14.7. The Morgan fingerprint density at radius 2 is 2.25 bits per heavy atom. The molecule has 4 nitrogen and oxygen atoms in total. The van der Waals surface area contributed by atoms with Gasteiger partial charge in [-0.25, -0.2) is 0 Å². The second-order valence-corrected chi connectivity index (χ2v) is 5.80. The average Bonchev–Trinajstić information content (AvgIpc) is 2.87. The Hall–Kier alpha value is -0.810. The van der Waals surface area contributed by atoms with Crippen molar-refractivity contribution in [1.82, 2.24) is 5.32 Å². The van der Waals surface area contributed by atoms with E-state index in [-0.39, 0.29) is 18.1 Å². The van der Waals surface area contributed by atoms with E-state index in [2.05, 4.69) is 5.32 Å². The number of amides is 1. The van der Waals surface area contributed by atoms with E-state index in [1.165, 1.54) is 0 Å². The standard InChI is InChI=1S/C14H18Cl2N2O2/c1-8(11-4-2-9(15)6-12(11)16)18-14(19)13-5-3-10(7-17)20-13/h2,4,6,8,10,13H,3,5,7,17H2,1H3,(H,18,19)/t8?,10-,13+/m1/s1. The highest BCUT2D eigenvalue weighted by molar-refractivity contribution is 6.35. The van der Waals surface area contributed by atoms with Crippen LogP contribution >= 0.6 is 23.2 Å². The van der Waals surface area contributed by atoms with Crippen LogP contribution in [-0.4, -0.2) is 24.7 Å². The van der Waals surface area contributed by atoms with Crippen molar-refractivity contribution in [1.29, 1.82) is 0 Å². The molecule has 1 amide bonds. The number of hydrogen-bond donors (Lipinski definition) is 2. The molecule has 0 bridgehead atoms. The molecule has 0 aromatic heterocycles. The van der Waals surface area contributed by atoms with Crippen molar-refractivity contribution in [2.75, 3.05) is 6.54 Å². The van der Waals surface area contributed by atoms with Crippen molar-refractivity contribution in [3.05, 3.63) is 33.8 Å². The topological polar surface area (TPSA) is 64.4 Å². The largest absolute Gasteiger partial charge is 0.364 e. The molecule has 0 aliphatic carbocycles. The first kappa shape index (κ1) is 15.6.